The van der Waals surface area contributed by atoms with Crippen molar-refractivity contribution in [3.63, 3.8) is 0 Å². The second-order valence-electron chi connectivity index (χ2n) is 23.1. The molecule has 0 saturated heterocycles. The van der Waals surface area contributed by atoms with E-state index >= 15 is 0 Å². The summed E-state index contributed by atoms with van der Waals surface area (Å²) in [7, 11) is -2.66. The average Bonchev–Trinajstić information content (AvgIpc) is 3.42. The van der Waals surface area contributed by atoms with Gasteiger partial charge in [-0.1, -0.05) is 6.42 Å². The van der Waals surface area contributed by atoms with Crippen molar-refractivity contribution in [1.29, 1.82) is 0 Å². The maximum absolute atomic E-state index is 12.6. The van der Waals surface area contributed by atoms with Crippen LogP contribution in [0, 0.1) is 0 Å². The second-order valence-corrected chi connectivity index (χ2v) is 32.7. The second kappa shape index (κ2) is 49.8. The predicted octanol–water partition coefficient (Wildman–Crippen LogP) is 12.4. The molecular weight excluding hydrogens is 1110 g/mol. The quantitative estimate of drug-likeness (QED) is 0.0186. The van der Waals surface area contributed by atoms with Crippen LogP contribution < -0.4 is 21.2 Å². The average molecular weight is 1230 g/mol. The van der Waals surface area contributed by atoms with Crippen LogP contribution in [-0.2, 0) is 24.0 Å². The van der Waals surface area contributed by atoms with Gasteiger partial charge in [-0.2, -0.15) is 0 Å². The van der Waals surface area contributed by atoms with E-state index in [0.717, 1.165) is 44.0 Å². The Labute approximate surface area is 504 Å². The molecule has 0 heterocycles. The Kier molecular flexibility index (Phi) is 49.4. The maximum Gasteiger partial charge on any atom is -0.147 e. The number of carbonyl (C=O) groups excluding carboxylic acids is 5. The van der Waals surface area contributed by atoms with Gasteiger partial charge in [0.1, 0.15) is 0 Å². The monoisotopic (exact) mass is 1220 g/mol. The Bertz CT molecular complexity index is 1810. The molecule has 466 valence electrons. The summed E-state index contributed by atoms with van der Waals surface area (Å²) in [6.45, 7) is 16.1. The number of amides is 5. The van der Waals surface area contributed by atoms with Gasteiger partial charge in [0.05, 0.1) is 0 Å². The van der Waals surface area contributed by atoms with Gasteiger partial charge in [0.25, 0.3) is 0 Å². The Morgan fingerprint density at radius 2 is 0.650 bits per heavy atom. The van der Waals surface area contributed by atoms with Crippen molar-refractivity contribution in [3.8, 4) is 0 Å². The molecule has 0 fully saturated rings. The zero-order valence-corrected chi connectivity index (χ0v) is 54.7. The van der Waals surface area contributed by atoms with Gasteiger partial charge >= 0.3 is 252 Å². The van der Waals surface area contributed by atoms with Crippen LogP contribution in [0.3, 0.4) is 0 Å². The number of hydroxylamine groups is 6. The zero-order valence-electron chi connectivity index (χ0n) is 50.2. The number of benzene rings is 2. The Morgan fingerprint density at radius 3 is 0.988 bits per heavy atom. The van der Waals surface area contributed by atoms with Crippen LogP contribution in [0.4, 0.5) is 0 Å². The number of nitrogens with zero attached hydrogens (tertiary/aromatic N) is 4. The van der Waals surface area contributed by atoms with Crippen molar-refractivity contribution in [2.45, 2.75) is 193 Å². The van der Waals surface area contributed by atoms with E-state index in [9.17, 15) is 39.6 Å². The summed E-state index contributed by atoms with van der Waals surface area (Å²) >= 11 is 0. The fourth-order valence-corrected chi connectivity index (χ4v) is 15.0. The van der Waals surface area contributed by atoms with E-state index in [-0.39, 0.29) is 94.4 Å². The van der Waals surface area contributed by atoms with E-state index in [4.69, 9.17) is 0 Å². The van der Waals surface area contributed by atoms with Crippen molar-refractivity contribution in [3.05, 3.63) is 60.7 Å². The normalized spacial score (nSPS) is 11.7. The van der Waals surface area contributed by atoms with Crippen LogP contribution in [0.25, 0.3) is 0 Å². The van der Waals surface area contributed by atoms with E-state index in [1.54, 1.807) is 10.6 Å². The summed E-state index contributed by atoms with van der Waals surface area (Å²) in [6, 6.07) is 22.3. The first-order valence-corrected chi connectivity index (χ1v) is 36.8. The van der Waals surface area contributed by atoms with Crippen LogP contribution in [0.2, 0.25) is 0 Å². The minimum atomic E-state index is -1.33. The van der Waals surface area contributed by atoms with Gasteiger partial charge in [-0.05, 0) is 51.4 Å². The molecule has 0 saturated carbocycles. The van der Waals surface area contributed by atoms with E-state index in [2.05, 4.69) is 103 Å². The molecule has 2 aromatic rings. The summed E-state index contributed by atoms with van der Waals surface area (Å²) in [6.07, 6.45) is 30.1. The third kappa shape index (κ3) is 40.6. The topological polar surface area (TPSA) is 183 Å². The van der Waals surface area contributed by atoms with Gasteiger partial charge < -0.3 is 10.6 Å². The molecule has 0 aliphatic heterocycles. The molecule has 0 radical (unpaired) electrons. The number of rotatable bonds is 48. The third-order valence-corrected chi connectivity index (χ3v) is 22.3. The van der Waals surface area contributed by atoms with E-state index in [1.165, 1.54) is 122 Å². The first-order chi connectivity index (χ1) is 37.0. The molecule has 0 unspecified atom stereocenters. The fourth-order valence-electron chi connectivity index (χ4n) is 9.97. The molecule has 0 spiro atoms. The summed E-state index contributed by atoms with van der Waals surface area (Å²) in [4.78, 5) is 63.0. The summed E-state index contributed by atoms with van der Waals surface area (Å²) < 4.78 is 0. The minimum Gasteiger partial charge on any atom is -0.147 e. The molecule has 0 bridgehead atoms. The first kappa shape index (κ1) is 79.4. The summed E-state index contributed by atoms with van der Waals surface area (Å²) in [5, 5.41) is 40.7. The Morgan fingerprint density at radius 1 is 0.375 bits per heavy atom. The number of hydrogen-bond acceptors (Lipinski definition) is 9. The van der Waals surface area contributed by atoms with Crippen molar-refractivity contribution < 1.29 is 39.6 Å². The molecule has 2 aromatic carbocycles. The van der Waals surface area contributed by atoms with Crippen LogP contribution >= 0.6 is 51.7 Å². The van der Waals surface area contributed by atoms with Gasteiger partial charge in [0.2, 0.25) is 29.5 Å². The molecule has 14 nitrogen and oxygen atoms in total. The van der Waals surface area contributed by atoms with Crippen molar-refractivity contribution in [1.82, 2.24) is 30.7 Å². The van der Waals surface area contributed by atoms with Gasteiger partial charge in [0.15, 0.2) is 0 Å². The predicted molar refractivity (Wildman–Crippen MR) is 346 cm³/mol. The zero-order chi connectivity index (χ0) is 56.4. The number of unbranched alkanes of at least 4 members (excludes halogenated alkanes) is 20. The van der Waals surface area contributed by atoms with Gasteiger partial charge in [-0.25, -0.2) is 15.2 Å². The minimum absolute atomic E-state index is 0. The molecule has 80 heavy (non-hydrogen) atoms. The van der Waals surface area contributed by atoms with Crippen molar-refractivity contribution in [2.75, 3.05) is 91.3 Å². The number of hydrogen-bond donors (Lipinski definition) is 5. The molecule has 0 atom stereocenters. The number of carbonyl (C=O) groups is 5. The third-order valence-electron chi connectivity index (χ3n) is 15.3. The maximum atomic E-state index is 12.6. The fraction of sp³-hybridized carbons (Fsp3) is 0.721. The molecule has 0 aliphatic rings. The van der Waals surface area contributed by atoms with E-state index < -0.39 is 32.2 Å². The molecular formula is C61H113Cl3N6O8P2. The Hall–Kier alpha value is -2.64. The van der Waals surface area contributed by atoms with Crippen LogP contribution in [0.15, 0.2) is 60.7 Å². The molecule has 5 amide bonds. The van der Waals surface area contributed by atoms with Crippen LogP contribution in [-0.4, -0.2) is 157 Å². The molecule has 19 heteroatoms. The van der Waals surface area contributed by atoms with Crippen molar-refractivity contribution >= 4 is 91.9 Å². The standard InChI is InChI=1S/C61H110N6O8P2.3ClH/c1-55(68)65(73)50-32-20-27-45-62-58(69)41-43-60(71)66(74)51-33-21-28-46-63-59(70)42-44-61(72)67(75)52-34-22-31-49-64(47-29-14-10-6-8-12-16-35-53-76(2,3)56-37-23-18-24-38-56)48-30-15-11-7-9-13-17-36-54-77(4,5)57-39-25-19-26-40-57;;;/h18-19,23-26,37-40,73-77H,6-17,20-22,27-36,41-54H2,1-5H3,(H,62,69)(H,63,70);3*1H. The largest absolute Gasteiger partial charge is 0.147 e. The Balaban J connectivity index is 0. The van der Waals surface area contributed by atoms with Crippen LogP contribution in [0.1, 0.15) is 193 Å². The van der Waals surface area contributed by atoms with Crippen molar-refractivity contribution in [2.24, 2.45) is 0 Å². The number of halogens is 3. The molecule has 5 N–H and O–H groups in total. The van der Waals surface area contributed by atoms with E-state index in [1.807, 2.05) is 0 Å². The molecule has 0 aromatic heterocycles. The van der Waals surface area contributed by atoms with Crippen LogP contribution in [0.5, 0.6) is 0 Å². The van der Waals surface area contributed by atoms with Gasteiger partial charge in [-0.15, -0.1) is 37.2 Å². The number of nitrogens with one attached hydrogen (secondary N) is 2. The van der Waals surface area contributed by atoms with Gasteiger partial charge in [0, 0.05) is 65.3 Å². The smallest absolute Gasteiger partial charge is 0.147 e. The van der Waals surface area contributed by atoms with E-state index in [0.29, 0.717) is 61.7 Å². The first-order valence-electron chi connectivity index (χ1n) is 30.3. The van der Waals surface area contributed by atoms with Gasteiger partial charge in [-0.3, -0.25) is 39.6 Å². The summed E-state index contributed by atoms with van der Waals surface area (Å²) in [5.74, 6) is -1.96. The molecule has 0 aliphatic carbocycles. The summed E-state index contributed by atoms with van der Waals surface area (Å²) in [5.41, 5.74) is 0. The molecule has 2 rings (SSSR count). The SMILES string of the molecule is CC(=O)N(O)CCCCCNC(=O)CCC(=O)N(O)CCCCCNC(=O)CCC(=O)N(O)CCCCCN(CCCCCCCCCC[PH](C)(C)c1ccccc1)CCCCCCCCCC[PH](C)(C)c1ccccc1.Cl.Cl.Cl.